The number of rotatable bonds is 5. The molecular weight excluding hydrogens is 425 g/mol. The van der Waals surface area contributed by atoms with Crippen molar-refractivity contribution in [1.82, 2.24) is 9.29 Å². The van der Waals surface area contributed by atoms with E-state index in [1.165, 1.54) is 16.4 Å². The highest BCUT2D eigenvalue weighted by atomic mass is 32.2. The van der Waals surface area contributed by atoms with Crippen molar-refractivity contribution in [2.24, 2.45) is 0 Å². The van der Waals surface area contributed by atoms with Gasteiger partial charge in [0.1, 0.15) is 11.9 Å². The summed E-state index contributed by atoms with van der Waals surface area (Å²) in [7, 11) is -3.89. The number of benzene rings is 2. The molecule has 0 spiro atoms. The van der Waals surface area contributed by atoms with Crippen molar-refractivity contribution in [2.45, 2.75) is 30.7 Å². The smallest absolute Gasteiger partial charge is 0.243 e. The summed E-state index contributed by atoms with van der Waals surface area (Å²) in [6.45, 7) is 2.17. The van der Waals surface area contributed by atoms with Crippen molar-refractivity contribution in [3.63, 3.8) is 0 Å². The normalized spacial score (nSPS) is 17.2. The lowest BCUT2D eigenvalue weighted by atomic mass is 10.1. The Kier molecular flexibility index (Phi) is 5.68. The van der Waals surface area contributed by atoms with Gasteiger partial charge in [0.15, 0.2) is 0 Å². The van der Waals surface area contributed by atoms with Crippen LogP contribution < -0.4 is 5.32 Å². The molecule has 0 aliphatic carbocycles. The average Bonchev–Trinajstić information content (AvgIpc) is 3.38. The van der Waals surface area contributed by atoms with Gasteiger partial charge in [0, 0.05) is 23.2 Å². The maximum Gasteiger partial charge on any atom is 0.243 e. The number of halogens is 1. The molecule has 1 saturated heterocycles. The molecule has 3 aromatic rings. The van der Waals surface area contributed by atoms with Crippen LogP contribution in [0.3, 0.4) is 0 Å². The van der Waals surface area contributed by atoms with Gasteiger partial charge >= 0.3 is 0 Å². The Morgan fingerprint density at radius 3 is 2.70 bits per heavy atom. The van der Waals surface area contributed by atoms with E-state index in [1.807, 2.05) is 30.5 Å². The predicted molar refractivity (Wildman–Crippen MR) is 114 cm³/mol. The van der Waals surface area contributed by atoms with Crippen molar-refractivity contribution in [3.8, 4) is 11.3 Å². The third kappa shape index (κ3) is 4.14. The lowest BCUT2D eigenvalue weighted by Crippen LogP contribution is -2.43. The summed E-state index contributed by atoms with van der Waals surface area (Å²) >= 11 is 1.55. The second-order valence-corrected chi connectivity index (χ2v) is 10.0. The molecule has 1 aliphatic rings. The van der Waals surface area contributed by atoms with Gasteiger partial charge in [-0.1, -0.05) is 12.1 Å². The number of aryl methyl sites for hydroxylation is 1. The fourth-order valence-corrected chi connectivity index (χ4v) is 5.79. The number of amides is 1. The highest BCUT2D eigenvalue weighted by Gasteiger charge is 2.39. The minimum atomic E-state index is -3.89. The largest absolute Gasteiger partial charge is 0.325 e. The van der Waals surface area contributed by atoms with E-state index in [2.05, 4.69) is 10.3 Å². The fraction of sp³-hybridized carbons (Fsp3) is 0.238. The molecule has 1 atom stereocenters. The molecule has 2 heterocycles. The van der Waals surface area contributed by atoms with Gasteiger partial charge < -0.3 is 5.32 Å². The molecule has 2 aromatic carbocycles. The van der Waals surface area contributed by atoms with E-state index in [0.717, 1.165) is 28.4 Å². The van der Waals surface area contributed by atoms with Gasteiger partial charge in [-0.05, 0) is 56.2 Å². The molecule has 9 heteroatoms. The van der Waals surface area contributed by atoms with Crippen LogP contribution in [0.5, 0.6) is 0 Å². The molecule has 6 nitrogen and oxygen atoms in total. The molecule has 1 amide bonds. The number of carbonyl (C=O) groups excluding carboxylic acids is 1. The summed E-state index contributed by atoms with van der Waals surface area (Å²) in [4.78, 5) is 17.3. The maximum atomic E-state index is 13.2. The second-order valence-electron chi connectivity index (χ2n) is 7.05. The SMILES string of the molecule is Cc1nc(-c2cccc(NC(=O)C3CCCN3S(=O)(=O)c3ccc(F)cc3)c2)cs1. The summed E-state index contributed by atoms with van der Waals surface area (Å²) in [6.07, 6.45) is 1.01. The molecule has 0 bridgehead atoms. The molecule has 1 unspecified atom stereocenters. The Morgan fingerprint density at radius 1 is 1.23 bits per heavy atom. The molecule has 1 aliphatic heterocycles. The van der Waals surface area contributed by atoms with E-state index >= 15 is 0 Å². The van der Waals surface area contributed by atoms with Gasteiger partial charge in [-0.15, -0.1) is 11.3 Å². The van der Waals surface area contributed by atoms with Crippen molar-refractivity contribution in [3.05, 3.63) is 64.7 Å². The summed E-state index contributed by atoms with van der Waals surface area (Å²) < 4.78 is 40.3. The van der Waals surface area contributed by atoms with Crippen LogP contribution in [0.1, 0.15) is 17.8 Å². The number of hydrogen-bond acceptors (Lipinski definition) is 5. The van der Waals surface area contributed by atoms with Crippen molar-refractivity contribution in [2.75, 3.05) is 11.9 Å². The van der Waals surface area contributed by atoms with Crippen molar-refractivity contribution >= 4 is 33.0 Å². The van der Waals surface area contributed by atoms with E-state index in [9.17, 15) is 17.6 Å². The number of aromatic nitrogens is 1. The Bertz CT molecular complexity index is 1180. The van der Waals surface area contributed by atoms with E-state index in [-0.39, 0.29) is 17.3 Å². The third-order valence-electron chi connectivity index (χ3n) is 4.97. The molecule has 4 rings (SSSR count). The summed E-state index contributed by atoms with van der Waals surface area (Å²) in [5.74, 6) is -0.898. The number of nitrogens with zero attached hydrogens (tertiary/aromatic N) is 2. The standard InChI is InChI=1S/C21H20FN3O3S2/c1-14-23-19(13-29-14)15-4-2-5-17(12-15)24-21(26)20-6-3-11-25(20)30(27,28)18-9-7-16(22)8-10-18/h2,4-5,7-10,12-13,20H,3,6,11H2,1H3,(H,24,26). The highest BCUT2D eigenvalue weighted by molar-refractivity contribution is 7.89. The first-order valence-corrected chi connectivity index (χ1v) is 11.8. The maximum absolute atomic E-state index is 13.2. The van der Waals surface area contributed by atoms with Crippen LogP contribution in [-0.4, -0.2) is 36.2 Å². The quantitative estimate of drug-likeness (QED) is 0.643. The molecule has 30 heavy (non-hydrogen) atoms. The van der Waals surface area contributed by atoms with Crippen molar-refractivity contribution < 1.29 is 17.6 Å². The minimum absolute atomic E-state index is 0.0236. The van der Waals surface area contributed by atoms with Crippen LogP contribution >= 0.6 is 11.3 Å². The van der Waals surface area contributed by atoms with E-state index in [1.54, 1.807) is 17.4 Å². The third-order valence-corrected chi connectivity index (χ3v) is 7.67. The van der Waals surface area contributed by atoms with E-state index in [0.29, 0.717) is 18.5 Å². The van der Waals surface area contributed by atoms with Gasteiger partial charge in [-0.25, -0.2) is 17.8 Å². The van der Waals surface area contributed by atoms with Crippen LogP contribution in [0.15, 0.2) is 58.8 Å². The van der Waals surface area contributed by atoms with Gasteiger partial charge in [0.05, 0.1) is 15.6 Å². The zero-order valence-corrected chi connectivity index (χ0v) is 17.8. The first-order chi connectivity index (χ1) is 14.3. The summed E-state index contributed by atoms with van der Waals surface area (Å²) in [6, 6.07) is 11.1. The highest BCUT2D eigenvalue weighted by Crippen LogP contribution is 2.28. The number of sulfonamides is 1. The van der Waals surface area contributed by atoms with Gasteiger partial charge in [0.2, 0.25) is 15.9 Å². The zero-order valence-electron chi connectivity index (χ0n) is 16.2. The first-order valence-electron chi connectivity index (χ1n) is 9.45. The fourth-order valence-electron chi connectivity index (χ4n) is 3.51. The number of hydrogen-bond donors (Lipinski definition) is 1. The number of anilines is 1. The summed E-state index contributed by atoms with van der Waals surface area (Å²) in [5.41, 5.74) is 2.28. The Balaban J connectivity index is 1.54. The van der Waals surface area contributed by atoms with Gasteiger partial charge in [0.25, 0.3) is 0 Å². The lowest BCUT2D eigenvalue weighted by Gasteiger charge is -2.23. The van der Waals surface area contributed by atoms with Crippen LogP contribution in [0.2, 0.25) is 0 Å². The monoisotopic (exact) mass is 445 g/mol. The van der Waals surface area contributed by atoms with Crippen LogP contribution in [0.25, 0.3) is 11.3 Å². The molecule has 156 valence electrons. The zero-order chi connectivity index (χ0) is 21.3. The van der Waals surface area contributed by atoms with Crippen LogP contribution in [0, 0.1) is 12.7 Å². The summed E-state index contributed by atoms with van der Waals surface area (Å²) in [5, 5.41) is 5.73. The number of carbonyl (C=O) groups is 1. The van der Waals surface area contributed by atoms with Crippen LogP contribution in [0.4, 0.5) is 10.1 Å². The number of thiazole rings is 1. The average molecular weight is 446 g/mol. The van der Waals surface area contributed by atoms with Gasteiger partial charge in [-0.3, -0.25) is 4.79 Å². The van der Waals surface area contributed by atoms with Gasteiger partial charge in [-0.2, -0.15) is 4.31 Å². The van der Waals surface area contributed by atoms with Crippen LogP contribution in [-0.2, 0) is 14.8 Å². The lowest BCUT2D eigenvalue weighted by molar-refractivity contribution is -0.119. The Labute approximate surface area is 178 Å². The van der Waals surface area contributed by atoms with Crippen molar-refractivity contribution in [1.29, 1.82) is 0 Å². The molecule has 1 aromatic heterocycles. The van der Waals surface area contributed by atoms with E-state index < -0.39 is 21.9 Å². The molecule has 1 N–H and O–H groups in total. The molecule has 1 fully saturated rings. The predicted octanol–water partition coefficient (Wildman–Crippen LogP) is 4.05. The topological polar surface area (TPSA) is 79.4 Å². The Hall–Kier alpha value is -2.62. The van der Waals surface area contributed by atoms with E-state index in [4.69, 9.17) is 0 Å². The number of nitrogens with one attached hydrogen (secondary N) is 1. The first kappa shape index (κ1) is 20.6. The second kappa shape index (κ2) is 8.25. The molecule has 0 radical (unpaired) electrons. The minimum Gasteiger partial charge on any atom is -0.325 e. The molecule has 0 saturated carbocycles. The Morgan fingerprint density at radius 2 is 2.00 bits per heavy atom. The molecular formula is C21H20FN3O3S2.